The van der Waals surface area contributed by atoms with E-state index in [1.807, 2.05) is 24.3 Å². The van der Waals surface area contributed by atoms with Crippen LogP contribution in [0.3, 0.4) is 0 Å². The van der Waals surface area contributed by atoms with Crippen LogP contribution in [0.15, 0.2) is 72.8 Å². The molecule has 7 nitrogen and oxygen atoms in total. The van der Waals surface area contributed by atoms with Crippen molar-refractivity contribution in [1.82, 2.24) is 10.6 Å². The number of rotatable bonds is 15. The third kappa shape index (κ3) is 14.4. The molecule has 3 N–H and O–H groups in total. The van der Waals surface area contributed by atoms with Gasteiger partial charge in [-0.05, 0) is 60.0 Å². The van der Waals surface area contributed by atoms with Gasteiger partial charge in [0, 0.05) is 23.9 Å². The molecule has 4 aromatic carbocycles. The second-order valence-electron chi connectivity index (χ2n) is 10.8. The minimum Gasteiger partial charge on any atom is -0.483 e. The van der Waals surface area contributed by atoms with E-state index in [4.69, 9.17) is 14.0 Å². The minimum atomic E-state index is -4.39. The molecule has 0 bridgehead atoms. The molecule has 0 aliphatic rings. The van der Waals surface area contributed by atoms with Gasteiger partial charge in [-0.2, -0.15) is 34.8 Å². The zero-order valence-electron chi connectivity index (χ0n) is 25.8. The van der Waals surface area contributed by atoms with E-state index in [2.05, 4.69) is 10.6 Å². The molecule has 0 atom stereocenters. The van der Waals surface area contributed by atoms with Crippen molar-refractivity contribution < 1.29 is 48.8 Å². The summed E-state index contributed by atoms with van der Waals surface area (Å²) < 4.78 is 111. The molecule has 258 valence electrons. The number of halogens is 6. The molecular weight excluding hydrogens is 650 g/mol. The van der Waals surface area contributed by atoms with Crippen LogP contribution >= 0.6 is 0 Å². The standard InChI is InChI=1S/C32H34F6N2O2.CH4O3S/c33-31(34,35)21-41-29-15-13-23(25-9-3-5-11-27(25)29)19-39-17-7-1-2-8-18-40-20-24-14-16-30(42-22-32(36,37)38)28-12-6-4-10-26(24)28;1-5(2,3)4/h3-6,9-16,39-40H,1-2,7-8,17-22H2;1H3,(H,2,3,4). The van der Waals surface area contributed by atoms with E-state index in [0.717, 1.165) is 60.7 Å². The van der Waals surface area contributed by atoms with Crippen LogP contribution in [0.4, 0.5) is 26.3 Å². The molecule has 0 unspecified atom stereocenters. The van der Waals surface area contributed by atoms with E-state index in [-0.39, 0.29) is 11.5 Å². The average molecular weight is 689 g/mol. The molecule has 0 spiro atoms. The lowest BCUT2D eigenvalue weighted by atomic mass is 10.0. The summed E-state index contributed by atoms with van der Waals surface area (Å²) in [5.41, 5.74) is 2.00. The van der Waals surface area contributed by atoms with Crippen LogP contribution in [-0.2, 0) is 23.2 Å². The van der Waals surface area contributed by atoms with Crippen molar-refractivity contribution in [2.45, 2.75) is 51.1 Å². The highest BCUT2D eigenvalue weighted by molar-refractivity contribution is 7.85. The number of fused-ring (bicyclic) bond motifs is 2. The Kier molecular flexibility index (Phi) is 14.1. The van der Waals surface area contributed by atoms with Gasteiger partial charge in [-0.15, -0.1) is 0 Å². The minimum absolute atomic E-state index is 0.223. The summed E-state index contributed by atoms with van der Waals surface area (Å²) in [4.78, 5) is 0. The first-order valence-electron chi connectivity index (χ1n) is 14.8. The highest BCUT2D eigenvalue weighted by Crippen LogP contribution is 2.31. The van der Waals surface area contributed by atoms with Crippen LogP contribution in [0.25, 0.3) is 21.5 Å². The Labute approximate surface area is 270 Å². The fourth-order valence-corrected chi connectivity index (χ4v) is 4.85. The van der Waals surface area contributed by atoms with E-state index in [9.17, 15) is 34.8 Å². The normalized spacial score (nSPS) is 12.2. The topological polar surface area (TPSA) is 96.9 Å². The molecule has 14 heteroatoms. The summed E-state index contributed by atoms with van der Waals surface area (Å²) in [6.45, 7) is 0.215. The number of nitrogens with one attached hydrogen (secondary N) is 2. The fourth-order valence-electron chi connectivity index (χ4n) is 4.85. The van der Waals surface area contributed by atoms with Gasteiger partial charge in [-0.3, -0.25) is 4.55 Å². The van der Waals surface area contributed by atoms with Crippen LogP contribution in [0, 0.1) is 0 Å². The molecule has 0 saturated carbocycles. The van der Waals surface area contributed by atoms with Gasteiger partial charge in [0.1, 0.15) is 11.5 Å². The Morgan fingerprint density at radius 1 is 0.596 bits per heavy atom. The number of hydrogen-bond acceptors (Lipinski definition) is 6. The highest BCUT2D eigenvalue weighted by atomic mass is 32.2. The number of benzene rings is 4. The van der Waals surface area contributed by atoms with Gasteiger partial charge in [-0.1, -0.05) is 73.5 Å². The van der Waals surface area contributed by atoms with Crippen LogP contribution < -0.4 is 20.1 Å². The van der Waals surface area contributed by atoms with E-state index in [0.29, 0.717) is 30.1 Å². The highest BCUT2D eigenvalue weighted by Gasteiger charge is 2.29. The summed E-state index contributed by atoms with van der Waals surface area (Å²) in [5, 5.41) is 9.90. The third-order valence-corrected chi connectivity index (χ3v) is 6.82. The Bertz CT molecular complexity index is 1560. The van der Waals surface area contributed by atoms with Crippen molar-refractivity contribution in [3.8, 4) is 11.5 Å². The number of ether oxygens (including phenoxy) is 2. The van der Waals surface area contributed by atoms with Crippen molar-refractivity contribution in [3.63, 3.8) is 0 Å². The third-order valence-electron chi connectivity index (χ3n) is 6.82. The largest absolute Gasteiger partial charge is 0.483 e. The Balaban J connectivity index is 0.00000111. The van der Waals surface area contributed by atoms with Crippen LogP contribution in [-0.4, -0.2) is 57.9 Å². The monoisotopic (exact) mass is 688 g/mol. The lowest BCUT2D eigenvalue weighted by Crippen LogP contribution is -2.19. The maximum absolute atomic E-state index is 12.6. The van der Waals surface area contributed by atoms with Gasteiger partial charge in [-0.25, -0.2) is 0 Å². The number of unbranched alkanes of at least 4 members (excludes halogenated alkanes) is 3. The molecule has 4 aromatic rings. The summed E-state index contributed by atoms with van der Waals surface area (Å²) in [5.74, 6) is 0.445. The molecule has 0 fully saturated rings. The maximum atomic E-state index is 12.6. The number of alkyl halides is 6. The molecular formula is C33H38F6N2O5S. The predicted molar refractivity (Wildman–Crippen MR) is 170 cm³/mol. The SMILES string of the molecule is CS(=O)(=O)O.FC(F)(F)COc1ccc(CNCCCCCCNCc2ccc(OCC(F)(F)F)c3ccccc23)c2ccccc12. The summed E-state index contributed by atoms with van der Waals surface area (Å²) in [6, 6.07) is 21.4. The molecule has 47 heavy (non-hydrogen) atoms. The van der Waals surface area contributed by atoms with Crippen molar-refractivity contribution in [3.05, 3.63) is 83.9 Å². The first-order chi connectivity index (χ1) is 22.1. The van der Waals surface area contributed by atoms with Gasteiger partial charge >= 0.3 is 12.4 Å². The molecule has 0 heterocycles. The maximum Gasteiger partial charge on any atom is 0.422 e. The second kappa shape index (κ2) is 17.5. The quantitative estimate of drug-likeness (QED) is 0.0666. The van der Waals surface area contributed by atoms with E-state index >= 15 is 0 Å². The Morgan fingerprint density at radius 2 is 0.936 bits per heavy atom. The Morgan fingerprint density at radius 3 is 1.28 bits per heavy atom. The van der Waals surface area contributed by atoms with Gasteiger partial charge < -0.3 is 20.1 Å². The van der Waals surface area contributed by atoms with Crippen LogP contribution in [0.1, 0.15) is 36.8 Å². The van der Waals surface area contributed by atoms with Gasteiger partial charge in [0.25, 0.3) is 10.1 Å². The van der Waals surface area contributed by atoms with E-state index < -0.39 is 35.7 Å². The molecule has 0 amide bonds. The molecule has 0 aliphatic carbocycles. The first-order valence-corrected chi connectivity index (χ1v) is 16.7. The fraction of sp³-hybridized carbons (Fsp3) is 0.394. The average Bonchev–Trinajstić information content (AvgIpc) is 2.99. The molecule has 4 rings (SSSR count). The molecule has 0 saturated heterocycles. The van der Waals surface area contributed by atoms with Crippen LogP contribution in [0.2, 0.25) is 0 Å². The molecule has 0 radical (unpaired) electrons. The summed E-state index contributed by atoms with van der Waals surface area (Å²) >= 11 is 0. The Hall–Kier alpha value is -3.59. The second-order valence-corrected chi connectivity index (χ2v) is 12.3. The van der Waals surface area contributed by atoms with E-state index in [1.54, 1.807) is 48.5 Å². The lowest BCUT2D eigenvalue weighted by Gasteiger charge is -2.14. The molecule has 0 aromatic heterocycles. The van der Waals surface area contributed by atoms with E-state index in [1.165, 1.54) is 0 Å². The van der Waals surface area contributed by atoms with Crippen molar-refractivity contribution in [2.75, 3.05) is 32.6 Å². The zero-order chi connectivity index (χ0) is 34.5. The van der Waals surface area contributed by atoms with Crippen molar-refractivity contribution >= 4 is 31.7 Å². The number of hydrogen-bond donors (Lipinski definition) is 3. The summed E-state index contributed by atoms with van der Waals surface area (Å²) in [7, 11) is -3.67. The van der Waals surface area contributed by atoms with Gasteiger partial charge in [0.15, 0.2) is 13.2 Å². The lowest BCUT2D eigenvalue weighted by molar-refractivity contribution is -0.153. The smallest absolute Gasteiger partial charge is 0.422 e. The van der Waals surface area contributed by atoms with Gasteiger partial charge in [0.2, 0.25) is 0 Å². The van der Waals surface area contributed by atoms with Crippen LogP contribution in [0.5, 0.6) is 11.5 Å². The van der Waals surface area contributed by atoms with Crippen molar-refractivity contribution in [2.24, 2.45) is 0 Å². The zero-order valence-corrected chi connectivity index (χ0v) is 26.6. The first kappa shape index (κ1) is 37.9. The van der Waals surface area contributed by atoms with Gasteiger partial charge in [0.05, 0.1) is 6.26 Å². The predicted octanol–water partition coefficient (Wildman–Crippen LogP) is 7.82. The summed E-state index contributed by atoms with van der Waals surface area (Å²) in [6.07, 6.45) is -3.98. The molecule has 0 aliphatic heterocycles. The van der Waals surface area contributed by atoms with Crippen molar-refractivity contribution in [1.29, 1.82) is 0 Å².